The van der Waals surface area contributed by atoms with Gasteiger partial charge in [0.1, 0.15) is 24.2 Å². The fourth-order valence-corrected chi connectivity index (χ4v) is 4.89. The summed E-state index contributed by atoms with van der Waals surface area (Å²) < 4.78 is 113. The van der Waals surface area contributed by atoms with E-state index in [0.717, 1.165) is 18.2 Å². The highest BCUT2D eigenvalue weighted by molar-refractivity contribution is 8.02. The van der Waals surface area contributed by atoms with Gasteiger partial charge in [0.05, 0.1) is 17.0 Å². The van der Waals surface area contributed by atoms with E-state index in [1.807, 2.05) is 0 Å². The predicted octanol–water partition coefficient (Wildman–Crippen LogP) is 6.94. The van der Waals surface area contributed by atoms with Crippen molar-refractivity contribution in [3.05, 3.63) is 69.8 Å². The van der Waals surface area contributed by atoms with Gasteiger partial charge in [0.2, 0.25) is 0 Å². The van der Waals surface area contributed by atoms with Crippen LogP contribution in [0.3, 0.4) is 0 Å². The lowest BCUT2D eigenvalue weighted by molar-refractivity contribution is -0.184. The van der Waals surface area contributed by atoms with Crippen molar-refractivity contribution in [1.82, 2.24) is 4.90 Å². The smallest absolute Gasteiger partial charge is 0.416 e. The molecule has 1 fully saturated rings. The number of halogens is 8. The molecule has 1 aliphatic heterocycles. The van der Waals surface area contributed by atoms with Gasteiger partial charge in [0, 0.05) is 29.0 Å². The normalized spacial score (nSPS) is 16.0. The topological polar surface area (TPSA) is 71.5 Å². The first-order valence-electron chi connectivity index (χ1n) is 11.9. The predicted molar refractivity (Wildman–Crippen MR) is 132 cm³/mol. The molecule has 40 heavy (non-hydrogen) atoms. The van der Waals surface area contributed by atoms with Crippen molar-refractivity contribution in [1.29, 1.82) is 5.26 Å². The number of likely N-dealkylation sites (tertiary alicyclic amines) is 1. The van der Waals surface area contributed by atoms with Crippen LogP contribution < -0.4 is 15.2 Å². The minimum absolute atomic E-state index is 0.0700. The molecule has 2 aromatic rings. The molecule has 0 bridgehead atoms. The monoisotopic (exact) mass is 595 g/mol. The van der Waals surface area contributed by atoms with Gasteiger partial charge < -0.3 is 15.2 Å². The van der Waals surface area contributed by atoms with Crippen LogP contribution in [0, 0.1) is 17.2 Å². The van der Waals surface area contributed by atoms with Crippen molar-refractivity contribution < 1.29 is 44.6 Å². The van der Waals surface area contributed by atoms with Gasteiger partial charge in [0.15, 0.2) is 0 Å². The molecule has 5 nitrogen and oxygen atoms in total. The van der Waals surface area contributed by atoms with E-state index in [1.54, 1.807) is 11.0 Å². The number of nitriles is 1. The highest BCUT2D eigenvalue weighted by Crippen LogP contribution is 2.35. The number of alkyl halides is 8. The third kappa shape index (κ3) is 9.19. The van der Waals surface area contributed by atoms with Crippen molar-refractivity contribution in [3.8, 4) is 17.6 Å². The fourth-order valence-electron chi connectivity index (χ4n) is 3.96. The van der Waals surface area contributed by atoms with E-state index in [2.05, 4.69) is 4.74 Å². The Hall–Kier alpha value is -3.18. The van der Waals surface area contributed by atoms with E-state index < -0.39 is 36.2 Å². The minimum atomic E-state index is -4.48. The fraction of sp³-hybridized carbons (Fsp3) is 0.423. The lowest BCUT2D eigenvalue weighted by Crippen LogP contribution is -2.40. The minimum Gasteiger partial charge on any atom is -0.488 e. The lowest BCUT2D eigenvalue weighted by Gasteiger charge is -2.33. The number of rotatable bonds is 10. The van der Waals surface area contributed by atoms with Gasteiger partial charge in [-0.1, -0.05) is 12.1 Å². The Balaban J connectivity index is 1.75. The zero-order valence-electron chi connectivity index (χ0n) is 20.9. The summed E-state index contributed by atoms with van der Waals surface area (Å²) in [5, 5.41) is 9.10. The van der Waals surface area contributed by atoms with Crippen molar-refractivity contribution in [3.63, 3.8) is 0 Å². The van der Waals surface area contributed by atoms with Gasteiger partial charge in [-0.05, 0) is 55.8 Å². The third-order valence-corrected chi connectivity index (χ3v) is 7.36. The van der Waals surface area contributed by atoms with E-state index in [0.29, 0.717) is 16.2 Å². The zero-order valence-corrected chi connectivity index (χ0v) is 21.7. The van der Waals surface area contributed by atoms with Crippen LogP contribution in [0.2, 0.25) is 0 Å². The third-order valence-electron chi connectivity index (χ3n) is 6.16. The lowest BCUT2D eigenvalue weighted by atomic mass is 9.96. The number of hydrogen-bond acceptors (Lipinski definition) is 6. The Morgan fingerprint density at radius 1 is 1.05 bits per heavy atom. The van der Waals surface area contributed by atoms with Gasteiger partial charge >= 0.3 is 19.0 Å². The molecule has 2 aromatic carbocycles. The van der Waals surface area contributed by atoms with Crippen LogP contribution in [0.4, 0.5) is 35.1 Å². The van der Waals surface area contributed by atoms with Crippen molar-refractivity contribution in [2.75, 3.05) is 26.2 Å². The molecule has 0 atom stereocenters. The molecule has 0 spiro atoms. The van der Waals surface area contributed by atoms with Gasteiger partial charge in [-0.25, -0.2) is 0 Å². The van der Waals surface area contributed by atoms with Crippen molar-refractivity contribution >= 4 is 11.8 Å². The van der Waals surface area contributed by atoms with Crippen LogP contribution in [0.5, 0.6) is 11.5 Å². The van der Waals surface area contributed by atoms with Crippen LogP contribution in [-0.2, 0) is 11.9 Å². The second kappa shape index (κ2) is 13.5. The Bertz CT molecular complexity index is 1200. The molecule has 0 aliphatic carbocycles. The number of hydrogen-bond donors (Lipinski definition) is 1. The number of benzene rings is 2. The average molecular weight is 596 g/mol. The molecule has 0 amide bonds. The Morgan fingerprint density at radius 3 is 2.25 bits per heavy atom. The first-order chi connectivity index (χ1) is 18.8. The summed E-state index contributed by atoms with van der Waals surface area (Å²) in [6.07, 6.45) is -8.89. The van der Waals surface area contributed by atoms with Crippen LogP contribution in [0.1, 0.15) is 29.5 Å². The molecule has 1 aliphatic rings. The van der Waals surface area contributed by atoms with Crippen molar-refractivity contribution in [2.45, 2.75) is 37.6 Å². The molecular weight excluding hydrogens is 570 g/mol. The maximum atomic E-state index is 13.0. The second-order valence-corrected chi connectivity index (χ2v) is 10.0. The molecule has 1 saturated heterocycles. The summed E-state index contributed by atoms with van der Waals surface area (Å²) >= 11 is 1.17. The van der Waals surface area contributed by atoms with Crippen LogP contribution in [0.15, 0.2) is 53.1 Å². The number of ether oxygens (including phenoxy) is 2. The Labute approximate surface area is 229 Å². The summed E-state index contributed by atoms with van der Waals surface area (Å²) in [6.45, 7) is -2.86. The summed E-state index contributed by atoms with van der Waals surface area (Å²) in [5.41, 5.74) is 6.23. The molecule has 0 saturated carbocycles. The molecule has 0 aromatic heterocycles. The molecule has 14 heteroatoms. The second-order valence-electron chi connectivity index (χ2n) is 8.96. The Kier molecular flexibility index (Phi) is 10.5. The molecule has 218 valence electrons. The number of piperidine rings is 1. The zero-order chi connectivity index (χ0) is 29.5. The molecule has 1 heterocycles. The first kappa shape index (κ1) is 31.3. The van der Waals surface area contributed by atoms with E-state index in [9.17, 15) is 35.1 Å². The van der Waals surface area contributed by atoms with E-state index in [-0.39, 0.29) is 56.1 Å². The van der Waals surface area contributed by atoms with Crippen LogP contribution in [-0.4, -0.2) is 43.9 Å². The maximum Gasteiger partial charge on any atom is 0.416 e. The Morgan fingerprint density at radius 2 is 1.70 bits per heavy atom. The first-order valence-corrected chi connectivity index (χ1v) is 12.9. The van der Waals surface area contributed by atoms with Gasteiger partial charge in [-0.3, -0.25) is 4.90 Å². The maximum absolute atomic E-state index is 13.0. The SMILES string of the molecule is N#Cc1ccc(OC/C(SCc2ccc(C(F)(F)F)cc2)=C(/N)CN2CCC(C(F)(F)F)CC2)cc1OC(F)F. The van der Waals surface area contributed by atoms with Crippen molar-refractivity contribution in [2.24, 2.45) is 11.7 Å². The number of thioether (sulfide) groups is 1. The molecular formula is C26H25F8N3O2S. The van der Waals surface area contributed by atoms with Crippen LogP contribution in [0.25, 0.3) is 0 Å². The van der Waals surface area contributed by atoms with Gasteiger partial charge in [-0.2, -0.15) is 40.4 Å². The molecule has 2 N–H and O–H groups in total. The van der Waals surface area contributed by atoms with E-state index in [4.69, 9.17) is 15.7 Å². The summed E-state index contributed by atoms with van der Waals surface area (Å²) in [5.74, 6) is -1.48. The van der Waals surface area contributed by atoms with E-state index >= 15 is 0 Å². The molecule has 3 rings (SSSR count). The van der Waals surface area contributed by atoms with Gasteiger partial charge in [0.25, 0.3) is 0 Å². The summed E-state index contributed by atoms with van der Waals surface area (Å²) in [7, 11) is 0. The standard InChI is InChI=1S/C26H25F8N3O2S/c27-24(28)39-22-11-20(6-3-17(22)12-35)38-14-23(40-15-16-1-4-18(5-2-16)25(29,30)31)21(36)13-37-9-7-19(8-10-37)26(32,33)34/h1-6,11,19,24H,7-10,13-15,36H2/b23-21-. The largest absolute Gasteiger partial charge is 0.488 e. The number of nitrogens with two attached hydrogens (primary N) is 1. The number of nitrogens with zero attached hydrogens (tertiary/aromatic N) is 2. The molecule has 0 unspecified atom stereocenters. The summed E-state index contributed by atoms with van der Waals surface area (Å²) in [6, 6.07) is 9.98. The highest BCUT2D eigenvalue weighted by atomic mass is 32.2. The van der Waals surface area contributed by atoms with Crippen LogP contribution >= 0.6 is 11.8 Å². The average Bonchev–Trinajstić information content (AvgIpc) is 2.88. The summed E-state index contributed by atoms with van der Waals surface area (Å²) in [4.78, 5) is 2.23. The van der Waals surface area contributed by atoms with Gasteiger partial charge in [-0.15, -0.1) is 11.8 Å². The van der Waals surface area contributed by atoms with E-state index in [1.165, 1.54) is 36.0 Å². The highest BCUT2D eigenvalue weighted by Gasteiger charge is 2.41. The molecule has 0 radical (unpaired) electrons. The quantitative estimate of drug-likeness (QED) is 0.300.